The zero-order chi connectivity index (χ0) is 14.8. The van der Waals surface area contributed by atoms with Gasteiger partial charge in [0.25, 0.3) is 0 Å². The Morgan fingerprint density at radius 1 is 1.36 bits per heavy atom. The fraction of sp³-hybridized carbons (Fsp3) is 0.938. The quantitative estimate of drug-likeness (QED) is 0.796. The molecule has 0 aliphatic carbocycles. The van der Waals surface area contributed by atoms with Crippen LogP contribution in [0.25, 0.3) is 0 Å². The molecule has 2 saturated heterocycles. The molecule has 4 nitrogen and oxygen atoms in total. The summed E-state index contributed by atoms with van der Waals surface area (Å²) in [5, 5.41) is 6.41. The fourth-order valence-corrected chi connectivity index (χ4v) is 3.19. The van der Waals surface area contributed by atoms with Gasteiger partial charge in [0.1, 0.15) is 0 Å². The summed E-state index contributed by atoms with van der Waals surface area (Å²) >= 11 is 0. The highest BCUT2D eigenvalue weighted by atomic mass is 35.5. The highest BCUT2D eigenvalue weighted by Crippen LogP contribution is 2.23. The Bertz CT molecular complexity index is 348. The van der Waals surface area contributed by atoms with Gasteiger partial charge in [-0.05, 0) is 58.2 Å². The SMILES string of the molecule is CC1CCCN(C(C)(C)CNC(=O)C(C)C2CNC2)C1.Cl.Cl. The topological polar surface area (TPSA) is 44.4 Å². The van der Waals surface area contributed by atoms with Gasteiger partial charge in [-0.15, -0.1) is 24.8 Å². The normalized spacial score (nSPS) is 24.5. The molecule has 0 aromatic heterocycles. The molecular weight excluding hydrogens is 321 g/mol. The summed E-state index contributed by atoms with van der Waals surface area (Å²) in [6.07, 6.45) is 2.62. The van der Waals surface area contributed by atoms with Crippen LogP contribution in [0.1, 0.15) is 40.5 Å². The zero-order valence-corrected chi connectivity index (χ0v) is 16.0. The second-order valence-electron chi connectivity index (χ2n) is 7.43. The van der Waals surface area contributed by atoms with Gasteiger partial charge in [0.2, 0.25) is 5.91 Å². The van der Waals surface area contributed by atoms with Gasteiger partial charge < -0.3 is 10.6 Å². The molecule has 6 heteroatoms. The first-order valence-electron chi connectivity index (χ1n) is 8.13. The van der Waals surface area contributed by atoms with E-state index in [1.807, 2.05) is 0 Å². The van der Waals surface area contributed by atoms with E-state index in [1.54, 1.807) is 0 Å². The number of carbonyl (C=O) groups excluding carboxylic acids is 1. The average Bonchev–Trinajstić information content (AvgIpc) is 2.34. The number of likely N-dealkylation sites (tertiary alicyclic amines) is 1. The van der Waals surface area contributed by atoms with Crippen LogP contribution in [0, 0.1) is 17.8 Å². The lowest BCUT2D eigenvalue weighted by molar-refractivity contribution is -0.127. The molecule has 0 aromatic rings. The van der Waals surface area contributed by atoms with Crippen LogP contribution >= 0.6 is 24.8 Å². The van der Waals surface area contributed by atoms with Crippen molar-refractivity contribution in [2.24, 2.45) is 17.8 Å². The van der Waals surface area contributed by atoms with Crippen LogP contribution in [0.2, 0.25) is 0 Å². The van der Waals surface area contributed by atoms with Crippen molar-refractivity contribution in [3.63, 3.8) is 0 Å². The maximum atomic E-state index is 12.2. The predicted molar refractivity (Wildman–Crippen MR) is 97.1 cm³/mol. The number of carbonyl (C=O) groups is 1. The van der Waals surface area contributed by atoms with E-state index in [1.165, 1.54) is 12.8 Å². The Morgan fingerprint density at radius 3 is 2.50 bits per heavy atom. The Balaban J connectivity index is 0.00000220. The molecule has 2 heterocycles. The number of hydrogen-bond donors (Lipinski definition) is 2. The van der Waals surface area contributed by atoms with Crippen molar-refractivity contribution in [3.05, 3.63) is 0 Å². The molecule has 22 heavy (non-hydrogen) atoms. The van der Waals surface area contributed by atoms with E-state index in [2.05, 4.69) is 43.2 Å². The minimum atomic E-state index is 0. The first kappa shape index (κ1) is 22.0. The summed E-state index contributed by atoms with van der Waals surface area (Å²) in [4.78, 5) is 14.8. The van der Waals surface area contributed by atoms with Crippen LogP contribution in [0.15, 0.2) is 0 Å². The second kappa shape index (κ2) is 9.31. The van der Waals surface area contributed by atoms with E-state index in [-0.39, 0.29) is 42.2 Å². The molecule has 132 valence electrons. The standard InChI is InChI=1S/C16H31N3O.2ClH/c1-12-6-5-7-19(10-12)16(3,4)11-18-15(20)13(2)14-8-17-9-14;;/h12-14,17H,5-11H2,1-4H3,(H,18,20);2*1H. The van der Waals surface area contributed by atoms with E-state index in [0.717, 1.165) is 38.6 Å². The van der Waals surface area contributed by atoms with Crippen molar-refractivity contribution in [3.8, 4) is 0 Å². The molecule has 2 aliphatic rings. The van der Waals surface area contributed by atoms with Crippen molar-refractivity contribution in [2.45, 2.75) is 46.1 Å². The first-order valence-corrected chi connectivity index (χ1v) is 8.13. The summed E-state index contributed by atoms with van der Waals surface area (Å²) in [6, 6.07) is 0. The molecule has 0 saturated carbocycles. The minimum Gasteiger partial charge on any atom is -0.354 e. The Morgan fingerprint density at radius 2 is 2.00 bits per heavy atom. The fourth-order valence-electron chi connectivity index (χ4n) is 3.19. The second-order valence-corrected chi connectivity index (χ2v) is 7.43. The largest absolute Gasteiger partial charge is 0.354 e. The number of rotatable bonds is 5. The lowest BCUT2D eigenvalue weighted by Gasteiger charge is -2.43. The van der Waals surface area contributed by atoms with Crippen molar-refractivity contribution < 1.29 is 4.79 Å². The summed E-state index contributed by atoms with van der Waals surface area (Å²) < 4.78 is 0. The third-order valence-corrected chi connectivity index (χ3v) is 5.14. The number of nitrogens with one attached hydrogen (secondary N) is 2. The molecule has 0 spiro atoms. The highest BCUT2D eigenvalue weighted by molar-refractivity contribution is 5.85. The third-order valence-electron chi connectivity index (χ3n) is 5.14. The van der Waals surface area contributed by atoms with E-state index in [4.69, 9.17) is 0 Å². The molecule has 1 amide bonds. The van der Waals surface area contributed by atoms with E-state index in [0.29, 0.717) is 5.92 Å². The van der Waals surface area contributed by atoms with Crippen LogP contribution < -0.4 is 10.6 Å². The minimum absolute atomic E-state index is 0. The molecule has 2 atom stereocenters. The first-order chi connectivity index (χ1) is 9.40. The number of nitrogens with zero attached hydrogens (tertiary/aromatic N) is 1. The van der Waals surface area contributed by atoms with Gasteiger partial charge in [-0.3, -0.25) is 9.69 Å². The molecule has 2 unspecified atom stereocenters. The summed E-state index contributed by atoms with van der Waals surface area (Å²) in [6.45, 7) is 13.9. The number of halogens is 2. The maximum absolute atomic E-state index is 12.2. The van der Waals surface area contributed by atoms with E-state index in [9.17, 15) is 4.79 Å². The number of piperidine rings is 1. The zero-order valence-electron chi connectivity index (χ0n) is 14.4. The van der Waals surface area contributed by atoms with Crippen molar-refractivity contribution in [1.29, 1.82) is 0 Å². The smallest absolute Gasteiger partial charge is 0.223 e. The molecule has 0 radical (unpaired) electrons. The van der Waals surface area contributed by atoms with Crippen LogP contribution in [0.5, 0.6) is 0 Å². The van der Waals surface area contributed by atoms with Crippen LogP contribution in [0.3, 0.4) is 0 Å². The predicted octanol–water partition coefficient (Wildman–Crippen LogP) is 2.31. The van der Waals surface area contributed by atoms with Crippen molar-refractivity contribution >= 4 is 30.7 Å². The van der Waals surface area contributed by atoms with Crippen molar-refractivity contribution in [2.75, 3.05) is 32.7 Å². The molecule has 0 bridgehead atoms. The molecule has 2 rings (SSSR count). The van der Waals surface area contributed by atoms with Gasteiger partial charge in [-0.25, -0.2) is 0 Å². The van der Waals surface area contributed by atoms with Crippen LogP contribution in [-0.2, 0) is 4.79 Å². The molecule has 2 aliphatic heterocycles. The summed E-state index contributed by atoms with van der Waals surface area (Å²) in [5.74, 6) is 1.65. The summed E-state index contributed by atoms with van der Waals surface area (Å²) in [7, 11) is 0. The van der Waals surface area contributed by atoms with Gasteiger partial charge >= 0.3 is 0 Å². The van der Waals surface area contributed by atoms with Crippen molar-refractivity contribution in [1.82, 2.24) is 15.5 Å². The Kier molecular flexibility index (Phi) is 9.30. The van der Waals surface area contributed by atoms with Gasteiger partial charge in [0, 0.05) is 24.5 Å². The lowest BCUT2D eigenvalue weighted by Crippen LogP contribution is -2.56. The highest BCUT2D eigenvalue weighted by Gasteiger charge is 2.33. The monoisotopic (exact) mass is 353 g/mol. The van der Waals surface area contributed by atoms with E-state index < -0.39 is 0 Å². The van der Waals surface area contributed by atoms with Gasteiger partial charge in [0.05, 0.1) is 0 Å². The molecule has 2 N–H and O–H groups in total. The number of amides is 1. The average molecular weight is 354 g/mol. The molecule has 0 aromatic carbocycles. The van der Waals surface area contributed by atoms with E-state index >= 15 is 0 Å². The third kappa shape index (κ3) is 5.55. The lowest BCUT2D eigenvalue weighted by atomic mass is 9.88. The van der Waals surface area contributed by atoms with Gasteiger partial charge in [-0.2, -0.15) is 0 Å². The number of hydrogen-bond acceptors (Lipinski definition) is 3. The Labute approximate surface area is 148 Å². The van der Waals surface area contributed by atoms with Gasteiger partial charge in [0.15, 0.2) is 0 Å². The molecular formula is C16H33Cl2N3O. The van der Waals surface area contributed by atoms with Crippen LogP contribution in [-0.4, -0.2) is 49.1 Å². The van der Waals surface area contributed by atoms with Crippen LogP contribution in [0.4, 0.5) is 0 Å². The Hall–Kier alpha value is -0.0300. The molecule has 2 fully saturated rings. The maximum Gasteiger partial charge on any atom is 0.223 e. The summed E-state index contributed by atoms with van der Waals surface area (Å²) in [5.41, 5.74) is 0.0575. The van der Waals surface area contributed by atoms with Gasteiger partial charge in [-0.1, -0.05) is 13.8 Å².